The third-order valence-electron chi connectivity index (χ3n) is 3.75. The van der Waals surface area contributed by atoms with Crippen molar-refractivity contribution in [3.63, 3.8) is 0 Å². The van der Waals surface area contributed by atoms with Crippen LogP contribution in [-0.2, 0) is 14.4 Å². The molecule has 0 spiro atoms. The van der Waals surface area contributed by atoms with E-state index in [1.807, 2.05) is 20.8 Å². The molecule has 0 aliphatic carbocycles. The fourth-order valence-electron chi connectivity index (χ4n) is 3.33. The van der Waals surface area contributed by atoms with Gasteiger partial charge in [-0.2, -0.15) is 0 Å². The minimum atomic E-state index is -4.63. The monoisotopic (exact) mass is 320 g/mol. The van der Waals surface area contributed by atoms with Crippen molar-refractivity contribution in [2.45, 2.75) is 59.8 Å². The zero-order valence-corrected chi connectivity index (χ0v) is 15.6. The Morgan fingerprint density at radius 2 is 1.25 bits per heavy atom. The topological polar surface area (TPSA) is 66.4 Å². The summed E-state index contributed by atoms with van der Waals surface area (Å²) in [5.41, 5.74) is 0. The molecule has 0 heterocycles. The summed E-state index contributed by atoms with van der Waals surface area (Å²) in [6.45, 7) is 5.32. The molecule has 0 aromatic rings. The van der Waals surface area contributed by atoms with Crippen molar-refractivity contribution in [3.05, 3.63) is 0 Å². The normalized spacial score (nSPS) is 14.3. The van der Waals surface area contributed by atoms with Crippen LogP contribution in [0, 0.1) is 0 Å². The first-order valence-corrected chi connectivity index (χ1v) is 11.7. The first-order valence-electron chi connectivity index (χ1n) is 7.44. The molecule has 4 nitrogen and oxygen atoms in total. The first-order chi connectivity index (χ1) is 8.76. The zero-order chi connectivity index (χ0) is 15.0. The van der Waals surface area contributed by atoms with Crippen LogP contribution in [0.15, 0.2) is 0 Å². The second kappa shape index (κ2) is 9.82. The SMILES string of the molecule is CCCCP(CCC)(CCC)(CCC)OS(=O)(=O)[O-].[Li+]. The molecular formula is C13H30LiO4PS. The van der Waals surface area contributed by atoms with Gasteiger partial charge in [-0.1, -0.05) is 0 Å². The van der Waals surface area contributed by atoms with Gasteiger partial charge >= 0.3 is 137 Å². The molecule has 0 amide bonds. The molecule has 0 aromatic heterocycles. The average molecular weight is 320 g/mol. The molecule has 0 unspecified atom stereocenters. The van der Waals surface area contributed by atoms with E-state index in [0.29, 0.717) is 0 Å². The van der Waals surface area contributed by atoms with Crippen LogP contribution >= 0.6 is 6.83 Å². The Labute approximate surface area is 137 Å². The van der Waals surface area contributed by atoms with E-state index in [1.165, 1.54) is 0 Å². The Balaban J connectivity index is 0. The van der Waals surface area contributed by atoms with Crippen molar-refractivity contribution in [1.29, 1.82) is 0 Å². The molecule has 0 N–H and O–H groups in total. The van der Waals surface area contributed by atoms with E-state index >= 15 is 0 Å². The summed E-state index contributed by atoms with van der Waals surface area (Å²) < 4.78 is 39.3. The van der Waals surface area contributed by atoms with Crippen molar-refractivity contribution in [2.24, 2.45) is 0 Å². The van der Waals surface area contributed by atoms with Crippen LogP contribution in [0.5, 0.6) is 0 Å². The van der Waals surface area contributed by atoms with Gasteiger partial charge in [0.1, 0.15) is 0 Å². The Kier molecular flexibility index (Phi) is 11.4. The Morgan fingerprint density at radius 3 is 1.50 bits per heavy atom. The van der Waals surface area contributed by atoms with E-state index in [0.717, 1.165) is 56.8 Å². The molecule has 0 radical (unpaired) electrons. The molecule has 0 saturated carbocycles. The van der Waals surface area contributed by atoms with E-state index in [2.05, 4.69) is 6.92 Å². The van der Waals surface area contributed by atoms with Crippen LogP contribution in [0.3, 0.4) is 0 Å². The van der Waals surface area contributed by atoms with Gasteiger partial charge in [-0.15, -0.1) is 0 Å². The summed E-state index contributed by atoms with van der Waals surface area (Å²) >= 11 is 0. The number of hydrogen-bond donors (Lipinski definition) is 0. The number of hydrogen-bond acceptors (Lipinski definition) is 4. The first kappa shape index (κ1) is 23.2. The molecule has 0 saturated heterocycles. The summed E-state index contributed by atoms with van der Waals surface area (Å²) in [5.74, 6) is 0. The van der Waals surface area contributed by atoms with Crippen LogP contribution in [-0.4, -0.2) is 37.6 Å². The van der Waals surface area contributed by atoms with Gasteiger partial charge in [0.25, 0.3) is 0 Å². The predicted octanol–water partition coefficient (Wildman–Crippen LogP) is 0.966. The minimum absolute atomic E-state index is 0. The molecule has 118 valence electrons. The molecule has 0 atom stereocenters. The van der Waals surface area contributed by atoms with Crippen molar-refractivity contribution in [1.82, 2.24) is 0 Å². The van der Waals surface area contributed by atoms with E-state index in [4.69, 9.17) is 3.97 Å². The van der Waals surface area contributed by atoms with Gasteiger partial charge in [0.15, 0.2) is 0 Å². The van der Waals surface area contributed by atoms with E-state index in [-0.39, 0.29) is 18.9 Å². The maximum absolute atomic E-state index is 11.3. The molecule has 0 aliphatic rings. The van der Waals surface area contributed by atoms with Crippen LogP contribution in [0.25, 0.3) is 0 Å². The number of rotatable bonds is 11. The average Bonchev–Trinajstić information content (AvgIpc) is 2.25. The van der Waals surface area contributed by atoms with E-state index < -0.39 is 17.2 Å². The molecule has 7 heteroatoms. The third-order valence-corrected chi connectivity index (χ3v) is 12.3. The molecule has 0 bridgehead atoms. The van der Waals surface area contributed by atoms with Gasteiger partial charge in [0.05, 0.1) is 0 Å². The van der Waals surface area contributed by atoms with Crippen LogP contribution in [0.2, 0.25) is 0 Å². The maximum atomic E-state index is 11.3. The summed E-state index contributed by atoms with van der Waals surface area (Å²) in [7, 11) is -4.63. The van der Waals surface area contributed by atoms with Crippen LogP contribution < -0.4 is 18.9 Å². The van der Waals surface area contributed by atoms with Gasteiger partial charge in [-0.3, -0.25) is 0 Å². The molecule has 0 aliphatic heterocycles. The maximum Gasteiger partial charge on any atom is 1.00 e. The van der Waals surface area contributed by atoms with Crippen LogP contribution in [0.1, 0.15) is 59.8 Å². The van der Waals surface area contributed by atoms with Gasteiger partial charge in [-0.25, -0.2) is 0 Å². The van der Waals surface area contributed by atoms with Crippen molar-refractivity contribution >= 4 is 17.2 Å². The summed E-state index contributed by atoms with van der Waals surface area (Å²) in [5, 5.41) is 0. The summed E-state index contributed by atoms with van der Waals surface area (Å²) in [6.07, 6.45) is 7.60. The Morgan fingerprint density at radius 1 is 0.850 bits per heavy atom. The van der Waals surface area contributed by atoms with Crippen molar-refractivity contribution in [2.75, 3.05) is 24.6 Å². The standard InChI is InChI=1S/C13H31O4PS.Li/c1-5-9-13-18(10-6-2,11-7-3,12-8-4)17-19(14,15)16;/h5-13H2,1-4H3,(H,14,15,16);/q;+1/p-1. The van der Waals surface area contributed by atoms with Crippen LogP contribution in [0.4, 0.5) is 0 Å². The fourth-order valence-corrected chi connectivity index (χ4v) is 12.4. The smallest absolute Gasteiger partial charge is 1.00 e. The second-order valence-corrected chi connectivity index (χ2v) is 12.5. The van der Waals surface area contributed by atoms with Gasteiger partial charge in [0, 0.05) is 0 Å². The number of unbranched alkanes of at least 4 members (excludes halogenated alkanes) is 1. The zero-order valence-electron chi connectivity index (χ0n) is 13.9. The summed E-state index contributed by atoms with van der Waals surface area (Å²) in [6, 6.07) is 0. The van der Waals surface area contributed by atoms with Crippen molar-refractivity contribution < 1.29 is 35.8 Å². The molecule has 0 aromatic carbocycles. The molecule has 0 fully saturated rings. The van der Waals surface area contributed by atoms with E-state index in [1.54, 1.807) is 0 Å². The largest absolute Gasteiger partial charge is 1.00 e. The van der Waals surface area contributed by atoms with Gasteiger partial charge < -0.3 is 0 Å². The second-order valence-electron chi connectivity index (χ2n) is 5.59. The third kappa shape index (κ3) is 7.25. The van der Waals surface area contributed by atoms with Gasteiger partial charge in [0.2, 0.25) is 0 Å². The van der Waals surface area contributed by atoms with Crippen molar-refractivity contribution in [3.8, 4) is 0 Å². The minimum Gasteiger partial charge on any atom is 1.00 e. The molecular weight excluding hydrogens is 290 g/mol. The Hall–Kier alpha value is 0.897. The fraction of sp³-hybridized carbons (Fsp3) is 1.00. The molecule has 20 heavy (non-hydrogen) atoms. The summed E-state index contributed by atoms with van der Waals surface area (Å²) in [4.78, 5) is 0. The Bertz CT molecular complexity index is 340. The molecule has 0 rings (SSSR count). The quantitative estimate of drug-likeness (QED) is 0.246. The predicted molar refractivity (Wildman–Crippen MR) is 83.0 cm³/mol. The van der Waals surface area contributed by atoms with Gasteiger partial charge in [-0.05, 0) is 0 Å². The van der Waals surface area contributed by atoms with E-state index in [9.17, 15) is 13.0 Å².